The molecule has 0 amide bonds. The third-order valence-corrected chi connectivity index (χ3v) is 1.95. The quantitative estimate of drug-likeness (QED) is 0.587. The zero-order valence-electron chi connectivity index (χ0n) is 8.84. The lowest BCUT2D eigenvalue weighted by atomic mass is 9.80. The maximum atomic E-state index is 8.99. The summed E-state index contributed by atoms with van der Waals surface area (Å²) in [5.74, 6) is 0.582. The van der Waals surface area contributed by atoms with Crippen LogP contribution in [0.3, 0.4) is 0 Å². The summed E-state index contributed by atoms with van der Waals surface area (Å²) < 4.78 is 5.47. The highest BCUT2D eigenvalue weighted by Crippen LogP contribution is 2.16. The molecule has 0 spiro atoms. The van der Waals surface area contributed by atoms with Crippen LogP contribution in [0.15, 0.2) is 24.3 Å². The highest BCUT2D eigenvalue weighted by molar-refractivity contribution is 6.58. The monoisotopic (exact) mass is 210 g/mol. The topological polar surface area (TPSA) is 69.9 Å². The molecule has 4 nitrogen and oxygen atoms in total. The molecule has 3 N–H and O–H groups in total. The molecule has 0 atom stereocenters. The van der Waals surface area contributed by atoms with Crippen molar-refractivity contribution in [3.05, 3.63) is 24.3 Å². The van der Waals surface area contributed by atoms with E-state index in [1.807, 2.05) is 0 Å². The fourth-order valence-electron chi connectivity index (χ4n) is 1.06. The highest BCUT2D eigenvalue weighted by atomic mass is 16.5. The number of aliphatic hydroxyl groups is 1. The van der Waals surface area contributed by atoms with Gasteiger partial charge in [-0.2, -0.15) is 0 Å². The first-order valence-electron chi connectivity index (χ1n) is 4.70. The average Bonchev–Trinajstić information content (AvgIpc) is 2.18. The lowest BCUT2D eigenvalue weighted by Gasteiger charge is -2.23. The molecule has 1 aromatic rings. The molecule has 82 valence electrons. The van der Waals surface area contributed by atoms with Crippen molar-refractivity contribution < 1.29 is 19.9 Å². The van der Waals surface area contributed by atoms with Gasteiger partial charge in [0.1, 0.15) is 11.4 Å². The molecule has 0 saturated heterocycles. The minimum atomic E-state index is -1.47. The average molecular weight is 210 g/mol. The maximum absolute atomic E-state index is 8.99. The van der Waals surface area contributed by atoms with Crippen LogP contribution < -0.4 is 10.2 Å². The Bertz CT molecular complexity index is 308. The first-order valence-corrected chi connectivity index (χ1v) is 4.70. The molecular formula is C10H15BO4. The molecule has 0 aliphatic rings. The lowest BCUT2D eigenvalue weighted by molar-refractivity contribution is 0.0413. The van der Waals surface area contributed by atoms with E-state index >= 15 is 0 Å². The Balaban J connectivity index is 2.73. The summed E-state index contributed by atoms with van der Waals surface area (Å²) in [5.41, 5.74) is -0.233. The van der Waals surface area contributed by atoms with E-state index in [1.54, 1.807) is 38.1 Å². The molecule has 0 aliphatic heterocycles. The summed E-state index contributed by atoms with van der Waals surface area (Å²) in [7, 11) is -1.47. The fourth-order valence-corrected chi connectivity index (χ4v) is 1.06. The van der Waals surface area contributed by atoms with Crippen LogP contribution >= 0.6 is 0 Å². The van der Waals surface area contributed by atoms with Crippen molar-refractivity contribution in [1.82, 2.24) is 0 Å². The zero-order chi connectivity index (χ0) is 11.5. The number of rotatable bonds is 4. The minimum Gasteiger partial charge on any atom is -0.485 e. The standard InChI is InChI=1S/C10H15BO4/c1-10(2,7-12)15-9-5-3-8(4-6-9)11(13)14/h3-6,12-14H,7H2,1-2H3. The Hall–Kier alpha value is -1.04. The van der Waals surface area contributed by atoms with Crippen LogP contribution in [-0.4, -0.2) is 34.5 Å². The highest BCUT2D eigenvalue weighted by Gasteiger charge is 2.18. The van der Waals surface area contributed by atoms with E-state index in [9.17, 15) is 0 Å². The second-order valence-electron chi connectivity index (χ2n) is 3.96. The summed E-state index contributed by atoms with van der Waals surface area (Å²) >= 11 is 0. The van der Waals surface area contributed by atoms with Crippen LogP contribution in [0.2, 0.25) is 0 Å². The molecule has 5 heteroatoms. The molecule has 0 aromatic heterocycles. The Morgan fingerprint density at radius 2 is 1.73 bits per heavy atom. The minimum absolute atomic E-state index is 0.0859. The second-order valence-corrected chi connectivity index (χ2v) is 3.96. The number of ether oxygens (including phenoxy) is 1. The van der Waals surface area contributed by atoms with Crippen molar-refractivity contribution in [2.45, 2.75) is 19.4 Å². The van der Waals surface area contributed by atoms with Gasteiger partial charge in [-0.15, -0.1) is 0 Å². The maximum Gasteiger partial charge on any atom is 0.488 e. The molecule has 1 aromatic carbocycles. The molecule has 15 heavy (non-hydrogen) atoms. The molecule has 0 heterocycles. The van der Waals surface area contributed by atoms with E-state index < -0.39 is 12.7 Å². The van der Waals surface area contributed by atoms with E-state index in [0.717, 1.165) is 0 Å². The summed E-state index contributed by atoms with van der Waals surface area (Å²) in [6.07, 6.45) is 0. The Morgan fingerprint density at radius 3 is 2.13 bits per heavy atom. The summed E-state index contributed by atoms with van der Waals surface area (Å²) in [5, 5.41) is 26.7. The number of benzene rings is 1. The SMILES string of the molecule is CC(C)(CO)Oc1ccc(B(O)O)cc1. The molecule has 0 bridgehead atoms. The number of hydrogen-bond acceptors (Lipinski definition) is 4. The van der Waals surface area contributed by atoms with E-state index in [2.05, 4.69) is 0 Å². The second kappa shape index (κ2) is 4.66. The first kappa shape index (κ1) is 12.0. The fraction of sp³-hybridized carbons (Fsp3) is 0.400. The van der Waals surface area contributed by atoms with Gasteiger partial charge in [-0.25, -0.2) is 0 Å². The van der Waals surface area contributed by atoms with Crippen molar-refractivity contribution >= 4 is 12.6 Å². The zero-order valence-corrected chi connectivity index (χ0v) is 8.84. The Morgan fingerprint density at radius 1 is 1.20 bits per heavy atom. The van der Waals surface area contributed by atoms with Crippen molar-refractivity contribution in [3.8, 4) is 5.75 Å². The van der Waals surface area contributed by atoms with Gasteiger partial charge < -0.3 is 19.9 Å². The lowest BCUT2D eigenvalue weighted by Crippen LogP contribution is -2.33. The molecular weight excluding hydrogens is 195 g/mol. The number of aliphatic hydroxyl groups excluding tert-OH is 1. The van der Waals surface area contributed by atoms with E-state index in [1.165, 1.54) is 0 Å². The van der Waals surface area contributed by atoms with Crippen LogP contribution in [0.5, 0.6) is 5.75 Å². The van der Waals surface area contributed by atoms with Crippen molar-refractivity contribution in [1.29, 1.82) is 0 Å². The van der Waals surface area contributed by atoms with Gasteiger partial charge in [0.05, 0.1) is 6.61 Å². The summed E-state index contributed by atoms with van der Waals surface area (Å²) in [6.45, 7) is 3.45. The molecule has 1 rings (SSSR count). The van der Waals surface area contributed by atoms with E-state index in [0.29, 0.717) is 11.2 Å². The molecule has 0 unspecified atom stereocenters. The predicted molar refractivity (Wildman–Crippen MR) is 58.1 cm³/mol. The van der Waals surface area contributed by atoms with Crippen LogP contribution in [0.4, 0.5) is 0 Å². The predicted octanol–water partition coefficient (Wildman–Crippen LogP) is -0.484. The van der Waals surface area contributed by atoms with Crippen LogP contribution in [0, 0.1) is 0 Å². The molecule has 0 aliphatic carbocycles. The van der Waals surface area contributed by atoms with Crippen molar-refractivity contribution in [3.63, 3.8) is 0 Å². The first-order chi connectivity index (χ1) is 6.94. The van der Waals surface area contributed by atoms with E-state index in [4.69, 9.17) is 19.9 Å². The smallest absolute Gasteiger partial charge is 0.485 e. The Kier molecular flexibility index (Phi) is 3.74. The summed E-state index contributed by atoms with van der Waals surface area (Å²) in [6, 6.07) is 6.39. The van der Waals surface area contributed by atoms with Crippen LogP contribution in [0.25, 0.3) is 0 Å². The van der Waals surface area contributed by atoms with Gasteiger partial charge in [-0.05, 0) is 31.4 Å². The number of hydrogen-bond donors (Lipinski definition) is 3. The normalized spacial score (nSPS) is 11.3. The van der Waals surface area contributed by atoms with Gasteiger partial charge in [0, 0.05) is 0 Å². The molecule has 0 fully saturated rings. The molecule has 0 radical (unpaired) electrons. The van der Waals surface area contributed by atoms with Gasteiger partial charge in [-0.3, -0.25) is 0 Å². The van der Waals surface area contributed by atoms with Gasteiger partial charge in [0.25, 0.3) is 0 Å². The Labute approximate surface area is 89.3 Å². The van der Waals surface area contributed by atoms with Crippen molar-refractivity contribution in [2.24, 2.45) is 0 Å². The third kappa shape index (κ3) is 3.55. The van der Waals surface area contributed by atoms with Crippen molar-refractivity contribution in [2.75, 3.05) is 6.61 Å². The van der Waals surface area contributed by atoms with E-state index in [-0.39, 0.29) is 6.61 Å². The summed E-state index contributed by atoms with van der Waals surface area (Å²) in [4.78, 5) is 0. The van der Waals surface area contributed by atoms with Gasteiger partial charge >= 0.3 is 7.12 Å². The largest absolute Gasteiger partial charge is 0.488 e. The van der Waals surface area contributed by atoms with Gasteiger partial charge in [0.2, 0.25) is 0 Å². The third-order valence-electron chi connectivity index (χ3n) is 1.95. The van der Waals surface area contributed by atoms with Gasteiger partial charge in [0.15, 0.2) is 0 Å². The van der Waals surface area contributed by atoms with Crippen LogP contribution in [0.1, 0.15) is 13.8 Å². The van der Waals surface area contributed by atoms with Gasteiger partial charge in [-0.1, -0.05) is 12.1 Å². The molecule has 0 saturated carbocycles. The van der Waals surface area contributed by atoms with Crippen LogP contribution in [-0.2, 0) is 0 Å².